The molecule has 0 fully saturated rings. The Morgan fingerprint density at radius 3 is 2.51 bits per heavy atom. The van der Waals surface area contributed by atoms with Crippen LogP contribution in [0.3, 0.4) is 0 Å². The molecule has 39 heavy (non-hydrogen) atoms. The highest BCUT2D eigenvalue weighted by molar-refractivity contribution is 7.21. The van der Waals surface area contributed by atoms with Gasteiger partial charge in [0.2, 0.25) is 5.91 Å². The number of aryl methyl sites for hydroxylation is 1. The number of amides is 1. The summed E-state index contributed by atoms with van der Waals surface area (Å²) in [5, 5.41) is 8.16. The summed E-state index contributed by atoms with van der Waals surface area (Å²) in [5.41, 5.74) is 0.157. The molecule has 0 saturated carbocycles. The first-order valence-electron chi connectivity index (χ1n) is 12.6. The molecule has 0 unspecified atom stereocenters. The van der Waals surface area contributed by atoms with Crippen molar-refractivity contribution < 1.29 is 19.0 Å². The Labute approximate surface area is 231 Å². The molecule has 0 aliphatic carbocycles. The smallest absolute Gasteiger partial charge is 0.332 e. The largest absolute Gasteiger partial charge is 0.501 e. The molecule has 3 aromatic heterocycles. The van der Waals surface area contributed by atoms with Crippen LogP contribution in [0.2, 0.25) is 0 Å². The van der Waals surface area contributed by atoms with Crippen LogP contribution in [0.15, 0.2) is 52.0 Å². The lowest BCUT2D eigenvalue weighted by Crippen LogP contribution is -2.48. The Kier molecular flexibility index (Phi) is 10.1. The Morgan fingerprint density at radius 2 is 1.95 bits per heavy atom. The van der Waals surface area contributed by atoms with Gasteiger partial charge in [0.25, 0.3) is 5.56 Å². The van der Waals surface area contributed by atoms with Crippen LogP contribution in [-0.2, 0) is 25.5 Å². The van der Waals surface area contributed by atoms with Crippen molar-refractivity contribution in [1.29, 1.82) is 0 Å². The first-order valence-corrected chi connectivity index (χ1v) is 13.4. The molecule has 0 saturated heterocycles. The van der Waals surface area contributed by atoms with E-state index in [0.717, 1.165) is 4.57 Å². The lowest BCUT2D eigenvalue weighted by Gasteiger charge is -2.23. The van der Waals surface area contributed by atoms with Crippen molar-refractivity contribution in [2.24, 2.45) is 0 Å². The second kappa shape index (κ2) is 13.0. The summed E-state index contributed by atoms with van der Waals surface area (Å²) in [6.07, 6.45) is 4.39. The van der Waals surface area contributed by atoms with Crippen LogP contribution in [0.1, 0.15) is 39.3 Å². The molecule has 3 aromatic rings. The molecule has 1 amide bonds. The summed E-state index contributed by atoms with van der Waals surface area (Å²) in [5.74, 6) is 0.152. The molecular formula is C27H37N5O6S. The third kappa shape index (κ3) is 6.23. The van der Waals surface area contributed by atoms with Gasteiger partial charge in [-0.3, -0.25) is 14.2 Å². The van der Waals surface area contributed by atoms with Gasteiger partial charge in [-0.05, 0) is 40.7 Å². The zero-order valence-corrected chi connectivity index (χ0v) is 24.3. The minimum absolute atomic E-state index is 0.0401. The Morgan fingerprint density at radius 1 is 1.23 bits per heavy atom. The molecule has 12 heteroatoms. The van der Waals surface area contributed by atoms with Gasteiger partial charge < -0.3 is 19.5 Å². The maximum absolute atomic E-state index is 14.0. The van der Waals surface area contributed by atoms with Gasteiger partial charge >= 0.3 is 5.69 Å². The summed E-state index contributed by atoms with van der Waals surface area (Å²) in [4.78, 5) is 41.3. The highest BCUT2D eigenvalue weighted by atomic mass is 32.1. The third-order valence-electron chi connectivity index (χ3n) is 6.36. The summed E-state index contributed by atoms with van der Waals surface area (Å²) in [6.45, 7) is 13.3. The number of fused-ring (bicyclic) bond motifs is 1. The molecule has 0 bridgehead atoms. The number of ether oxygens (including phenoxy) is 3. The van der Waals surface area contributed by atoms with Gasteiger partial charge in [0.15, 0.2) is 0 Å². The number of carbonyl (C=O) groups excluding carboxylic acids is 1. The van der Waals surface area contributed by atoms with E-state index in [9.17, 15) is 14.4 Å². The number of allylic oxidation sites excluding steroid dienone is 1. The lowest BCUT2D eigenvalue weighted by atomic mass is 10.1. The van der Waals surface area contributed by atoms with E-state index >= 15 is 0 Å². The van der Waals surface area contributed by atoms with Crippen LogP contribution in [0.5, 0.6) is 0 Å². The number of hydrogen-bond donors (Lipinski definition) is 1. The molecular weight excluding hydrogens is 522 g/mol. The van der Waals surface area contributed by atoms with E-state index in [4.69, 9.17) is 14.2 Å². The second-order valence-corrected chi connectivity index (χ2v) is 10.3. The fourth-order valence-electron chi connectivity index (χ4n) is 4.29. The average molecular weight is 560 g/mol. The van der Waals surface area contributed by atoms with Crippen LogP contribution >= 0.6 is 11.3 Å². The monoisotopic (exact) mass is 559 g/mol. The molecule has 2 atom stereocenters. The number of nitrogens with one attached hydrogen (secondary N) is 1. The van der Waals surface area contributed by atoms with Gasteiger partial charge in [-0.1, -0.05) is 24.0 Å². The second-order valence-electron chi connectivity index (χ2n) is 9.34. The van der Waals surface area contributed by atoms with Gasteiger partial charge in [-0.2, -0.15) is 5.10 Å². The summed E-state index contributed by atoms with van der Waals surface area (Å²) in [6, 6.07) is 0.576. The van der Waals surface area contributed by atoms with E-state index in [-0.39, 0.29) is 19.2 Å². The van der Waals surface area contributed by atoms with Crippen molar-refractivity contribution in [3.05, 3.63) is 68.8 Å². The summed E-state index contributed by atoms with van der Waals surface area (Å²) in [7, 11) is 3.12. The van der Waals surface area contributed by atoms with Gasteiger partial charge in [0, 0.05) is 36.7 Å². The predicted molar refractivity (Wildman–Crippen MR) is 152 cm³/mol. The molecule has 0 aliphatic heterocycles. The van der Waals surface area contributed by atoms with Crippen molar-refractivity contribution in [2.75, 3.05) is 27.4 Å². The number of methoxy groups -OCH3 is 2. The third-order valence-corrected chi connectivity index (χ3v) is 7.67. The van der Waals surface area contributed by atoms with E-state index in [0.29, 0.717) is 38.7 Å². The first kappa shape index (κ1) is 30.1. The quantitative estimate of drug-likeness (QED) is 0.194. The molecule has 0 aromatic carbocycles. The van der Waals surface area contributed by atoms with Crippen LogP contribution < -0.4 is 16.6 Å². The zero-order valence-electron chi connectivity index (χ0n) is 23.5. The summed E-state index contributed by atoms with van der Waals surface area (Å²) >= 11 is 1.28. The molecule has 1 N–H and O–H groups in total. The van der Waals surface area contributed by atoms with E-state index in [1.807, 2.05) is 20.8 Å². The normalized spacial score (nSPS) is 13.8. The van der Waals surface area contributed by atoms with Crippen molar-refractivity contribution in [3.63, 3.8) is 0 Å². The number of rotatable bonds is 13. The molecule has 0 aliphatic rings. The SMILES string of the molecule is C=C/C(=C(\C)OC)[C@H](Cn1c(=O)n([C@H](C)C(=O)NC(C)C)c(=O)c2c(C)c(-n3cccn3)sc21)OCCOC. The number of aromatic nitrogens is 4. The highest BCUT2D eigenvalue weighted by Crippen LogP contribution is 2.31. The molecule has 0 radical (unpaired) electrons. The standard InChI is InChI=1S/C27H37N5O6S/c1-9-20(19(6)37-8)21(38-14-13-36-7)15-30-26-22(17(4)25(39-26)31-12-10-11-28-31)24(34)32(27(30)35)18(5)23(33)29-16(2)3/h9-12,16,18,21H,1,13-15H2,2-8H3,(H,29,33)/b20-19-/t18-,21+/m1/s1. The van der Waals surface area contributed by atoms with Crippen LogP contribution in [0, 0.1) is 6.92 Å². The van der Waals surface area contributed by atoms with Crippen LogP contribution in [0.25, 0.3) is 15.2 Å². The lowest BCUT2D eigenvalue weighted by molar-refractivity contribution is -0.124. The van der Waals surface area contributed by atoms with E-state index in [1.54, 1.807) is 57.3 Å². The minimum Gasteiger partial charge on any atom is -0.501 e. The minimum atomic E-state index is -1.04. The van der Waals surface area contributed by atoms with Gasteiger partial charge in [-0.25, -0.2) is 14.0 Å². The molecule has 212 valence electrons. The molecule has 3 heterocycles. The van der Waals surface area contributed by atoms with Gasteiger partial charge in [-0.15, -0.1) is 0 Å². The summed E-state index contributed by atoms with van der Waals surface area (Å²) < 4.78 is 20.9. The maximum atomic E-state index is 14.0. The van der Waals surface area contributed by atoms with E-state index < -0.39 is 29.3 Å². The zero-order chi connectivity index (χ0) is 28.9. The van der Waals surface area contributed by atoms with Crippen molar-refractivity contribution in [2.45, 2.75) is 59.4 Å². The topological polar surface area (TPSA) is 119 Å². The van der Waals surface area contributed by atoms with Crippen molar-refractivity contribution in [1.82, 2.24) is 24.2 Å². The fraction of sp³-hybridized carbons (Fsp3) is 0.481. The molecule has 0 spiro atoms. The number of thiophene rings is 1. The Bertz CT molecular complexity index is 1460. The molecule has 3 rings (SSSR count). The highest BCUT2D eigenvalue weighted by Gasteiger charge is 2.28. The van der Waals surface area contributed by atoms with Crippen molar-refractivity contribution >= 4 is 27.5 Å². The van der Waals surface area contributed by atoms with Gasteiger partial charge in [0.05, 0.1) is 38.0 Å². The first-order chi connectivity index (χ1) is 18.6. The molecule has 11 nitrogen and oxygen atoms in total. The van der Waals surface area contributed by atoms with Crippen molar-refractivity contribution in [3.8, 4) is 5.00 Å². The van der Waals surface area contributed by atoms with Gasteiger partial charge in [0.1, 0.15) is 22.0 Å². The number of carbonyl (C=O) groups is 1. The Hall–Kier alpha value is -3.48. The van der Waals surface area contributed by atoms with E-state index in [2.05, 4.69) is 17.0 Å². The number of hydrogen-bond acceptors (Lipinski definition) is 8. The Balaban J connectivity index is 2.33. The number of nitrogens with zero attached hydrogens (tertiary/aromatic N) is 4. The van der Waals surface area contributed by atoms with E-state index in [1.165, 1.54) is 15.9 Å². The average Bonchev–Trinajstić information content (AvgIpc) is 3.54. The maximum Gasteiger partial charge on any atom is 0.332 e. The predicted octanol–water partition coefficient (Wildman–Crippen LogP) is 2.94. The van der Waals surface area contributed by atoms with Crippen LogP contribution in [-0.4, -0.2) is 64.4 Å². The van der Waals surface area contributed by atoms with Crippen LogP contribution in [0.4, 0.5) is 0 Å². The fourth-order valence-corrected chi connectivity index (χ4v) is 5.53.